The maximum absolute atomic E-state index is 11.3. The van der Waals surface area contributed by atoms with Gasteiger partial charge < -0.3 is 14.9 Å². The van der Waals surface area contributed by atoms with E-state index in [4.69, 9.17) is 0 Å². The molecular formula is C13H11N2O3S-. The Hall–Kier alpha value is -2.08. The lowest BCUT2D eigenvalue weighted by atomic mass is 10.1. The standard InChI is InChI=1S/C13H12N2O3S/c1-8-7-10(16)15-13(14-8)19-11(12(17)18)9-5-3-2-4-6-9/h2-7,11H,1H3,(H,17,18)(H,14,15,16)/p-1. The highest BCUT2D eigenvalue weighted by Gasteiger charge is 2.15. The Balaban J connectivity index is 2.32. The van der Waals surface area contributed by atoms with Crippen LogP contribution in [0.15, 0.2) is 46.3 Å². The summed E-state index contributed by atoms with van der Waals surface area (Å²) in [5.74, 6) is -1.22. The van der Waals surface area contributed by atoms with Gasteiger partial charge in [0.2, 0.25) is 0 Å². The van der Waals surface area contributed by atoms with Gasteiger partial charge in [-0.3, -0.25) is 4.79 Å². The maximum atomic E-state index is 11.3. The minimum absolute atomic E-state index is 0.267. The van der Waals surface area contributed by atoms with Crippen LogP contribution in [0, 0.1) is 6.92 Å². The number of carboxylic acid groups (broad SMARTS) is 1. The van der Waals surface area contributed by atoms with E-state index >= 15 is 0 Å². The van der Waals surface area contributed by atoms with Crippen molar-refractivity contribution in [2.75, 3.05) is 0 Å². The molecule has 6 heteroatoms. The van der Waals surface area contributed by atoms with Gasteiger partial charge in [-0.15, -0.1) is 0 Å². The Morgan fingerprint density at radius 1 is 1.37 bits per heavy atom. The molecule has 0 fully saturated rings. The number of carboxylic acids is 1. The van der Waals surface area contributed by atoms with Crippen LogP contribution >= 0.6 is 11.8 Å². The molecule has 98 valence electrons. The molecule has 1 heterocycles. The fraction of sp³-hybridized carbons (Fsp3) is 0.154. The smallest absolute Gasteiger partial charge is 0.251 e. The van der Waals surface area contributed by atoms with Crippen molar-refractivity contribution in [3.8, 4) is 0 Å². The molecule has 0 aliphatic carbocycles. The third kappa shape index (κ3) is 3.45. The number of aliphatic carboxylic acids is 1. The molecule has 2 rings (SSSR count). The molecule has 1 atom stereocenters. The molecule has 1 aromatic carbocycles. The van der Waals surface area contributed by atoms with Gasteiger partial charge in [0.1, 0.15) is 0 Å². The van der Waals surface area contributed by atoms with Gasteiger partial charge in [0.05, 0.1) is 11.2 Å². The summed E-state index contributed by atoms with van der Waals surface area (Å²) in [4.78, 5) is 29.2. The Kier molecular flexibility index (Phi) is 4.01. The molecule has 1 unspecified atom stereocenters. The number of aryl methyl sites for hydroxylation is 1. The molecule has 0 bridgehead atoms. The number of rotatable bonds is 4. The van der Waals surface area contributed by atoms with Crippen LogP contribution in [0.4, 0.5) is 0 Å². The summed E-state index contributed by atoms with van der Waals surface area (Å²) in [5, 5.41) is 10.6. The summed E-state index contributed by atoms with van der Waals surface area (Å²) in [5.41, 5.74) is 0.827. The Labute approximate surface area is 113 Å². The number of aromatic amines is 1. The molecule has 1 aromatic heterocycles. The molecular weight excluding hydrogens is 264 g/mol. The minimum atomic E-state index is -1.22. The zero-order valence-electron chi connectivity index (χ0n) is 10.1. The van der Waals surface area contributed by atoms with E-state index in [-0.39, 0.29) is 10.7 Å². The Morgan fingerprint density at radius 2 is 2.05 bits per heavy atom. The number of carbonyl (C=O) groups excluding carboxylic acids is 1. The van der Waals surface area contributed by atoms with Crippen LogP contribution in [-0.4, -0.2) is 15.9 Å². The average molecular weight is 275 g/mol. The Bertz CT molecular complexity index is 640. The minimum Gasteiger partial charge on any atom is -0.549 e. The van der Waals surface area contributed by atoms with Crippen LogP contribution in [0.3, 0.4) is 0 Å². The lowest BCUT2D eigenvalue weighted by Crippen LogP contribution is -2.28. The molecule has 2 aromatic rings. The second-order valence-electron chi connectivity index (χ2n) is 3.92. The van der Waals surface area contributed by atoms with Gasteiger partial charge in [-0.05, 0) is 12.5 Å². The third-order valence-corrected chi connectivity index (χ3v) is 3.51. The van der Waals surface area contributed by atoms with Crippen molar-refractivity contribution in [1.29, 1.82) is 0 Å². The molecule has 0 aliphatic rings. The second-order valence-corrected chi connectivity index (χ2v) is 5.01. The van der Waals surface area contributed by atoms with Crippen molar-refractivity contribution >= 4 is 17.7 Å². The number of carbonyl (C=O) groups is 1. The summed E-state index contributed by atoms with van der Waals surface area (Å²) < 4.78 is 0. The van der Waals surface area contributed by atoms with E-state index in [9.17, 15) is 14.7 Å². The summed E-state index contributed by atoms with van der Waals surface area (Å²) >= 11 is 0.950. The third-order valence-electron chi connectivity index (χ3n) is 2.39. The highest BCUT2D eigenvalue weighted by atomic mass is 32.2. The summed E-state index contributed by atoms with van der Waals surface area (Å²) in [7, 11) is 0. The number of benzene rings is 1. The highest BCUT2D eigenvalue weighted by molar-refractivity contribution is 8.00. The van der Waals surface area contributed by atoms with Gasteiger partial charge in [0.25, 0.3) is 5.56 Å². The normalized spacial score (nSPS) is 12.1. The zero-order valence-corrected chi connectivity index (χ0v) is 10.9. The number of nitrogens with zero attached hydrogens (tertiary/aromatic N) is 1. The topological polar surface area (TPSA) is 85.9 Å². The highest BCUT2D eigenvalue weighted by Crippen LogP contribution is 2.32. The summed E-state index contributed by atoms with van der Waals surface area (Å²) in [6.07, 6.45) is 0. The molecule has 0 radical (unpaired) electrons. The van der Waals surface area contributed by atoms with Gasteiger partial charge >= 0.3 is 0 Å². The molecule has 1 N–H and O–H groups in total. The first-order chi connectivity index (χ1) is 9.06. The molecule has 0 saturated carbocycles. The number of hydrogen-bond acceptors (Lipinski definition) is 5. The quantitative estimate of drug-likeness (QED) is 0.654. The van der Waals surface area contributed by atoms with Crippen molar-refractivity contribution in [1.82, 2.24) is 9.97 Å². The van der Waals surface area contributed by atoms with Crippen molar-refractivity contribution in [3.05, 3.63) is 58.0 Å². The summed E-state index contributed by atoms with van der Waals surface area (Å²) in [6.45, 7) is 1.68. The van der Waals surface area contributed by atoms with E-state index in [0.29, 0.717) is 11.3 Å². The van der Waals surface area contributed by atoms with Gasteiger partial charge in [-0.2, -0.15) is 0 Å². The van der Waals surface area contributed by atoms with Crippen LogP contribution in [0.5, 0.6) is 0 Å². The van der Waals surface area contributed by atoms with Crippen LogP contribution < -0.4 is 10.7 Å². The van der Waals surface area contributed by atoms with Crippen LogP contribution in [0.25, 0.3) is 0 Å². The lowest BCUT2D eigenvalue weighted by molar-refractivity contribution is -0.305. The predicted molar refractivity (Wildman–Crippen MR) is 69.6 cm³/mol. The maximum Gasteiger partial charge on any atom is 0.251 e. The van der Waals surface area contributed by atoms with Crippen molar-refractivity contribution in [2.45, 2.75) is 17.3 Å². The van der Waals surface area contributed by atoms with Gasteiger partial charge in [0, 0.05) is 11.8 Å². The monoisotopic (exact) mass is 275 g/mol. The van der Waals surface area contributed by atoms with Gasteiger partial charge in [-0.1, -0.05) is 42.1 Å². The molecule has 0 amide bonds. The molecule has 0 aliphatic heterocycles. The van der Waals surface area contributed by atoms with E-state index in [1.54, 1.807) is 37.3 Å². The summed E-state index contributed by atoms with van der Waals surface area (Å²) in [6, 6.07) is 10.0. The molecule has 0 saturated heterocycles. The fourth-order valence-corrected chi connectivity index (χ4v) is 2.57. The van der Waals surface area contributed by atoms with Gasteiger partial charge in [0.15, 0.2) is 5.16 Å². The predicted octanol–water partition coefficient (Wildman–Crippen LogP) is 0.662. The first-order valence-corrected chi connectivity index (χ1v) is 6.44. The van der Waals surface area contributed by atoms with Crippen LogP contribution in [-0.2, 0) is 4.79 Å². The average Bonchev–Trinajstić information content (AvgIpc) is 2.35. The van der Waals surface area contributed by atoms with Crippen molar-refractivity contribution < 1.29 is 9.90 Å². The fourth-order valence-electron chi connectivity index (χ4n) is 1.60. The van der Waals surface area contributed by atoms with E-state index in [1.807, 2.05) is 0 Å². The lowest BCUT2D eigenvalue weighted by Gasteiger charge is -2.17. The number of aromatic nitrogens is 2. The van der Waals surface area contributed by atoms with E-state index in [1.165, 1.54) is 6.07 Å². The first-order valence-electron chi connectivity index (χ1n) is 5.56. The number of H-pyrrole nitrogens is 1. The molecule has 5 nitrogen and oxygen atoms in total. The van der Waals surface area contributed by atoms with Gasteiger partial charge in [-0.25, -0.2) is 4.98 Å². The van der Waals surface area contributed by atoms with Crippen LogP contribution in [0.1, 0.15) is 16.5 Å². The van der Waals surface area contributed by atoms with Crippen molar-refractivity contribution in [3.63, 3.8) is 0 Å². The largest absolute Gasteiger partial charge is 0.549 e. The number of nitrogens with one attached hydrogen (secondary N) is 1. The molecule has 0 spiro atoms. The number of hydrogen-bond donors (Lipinski definition) is 1. The molecule has 19 heavy (non-hydrogen) atoms. The number of thioether (sulfide) groups is 1. The van der Waals surface area contributed by atoms with Crippen LogP contribution in [0.2, 0.25) is 0 Å². The van der Waals surface area contributed by atoms with E-state index in [2.05, 4.69) is 9.97 Å². The first kappa shape index (κ1) is 13.4. The Morgan fingerprint density at radius 3 is 2.63 bits per heavy atom. The van der Waals surface area contributed by atoms with E-state index < -0.39 is 11.2 Å². The van der Waals surface area contributed by atoms with Crippen molar-refractivity contribution in [2.24, 2.45) is 0 Å². The zero-order chi connectivity index (χ0) is 13.8. The SMILES string of the molecule is Cc1cc(=O)[nH]c(SC(C(=O)[O-])c2ccccc2)n1. The second kappa shape index (κ2) is 5.71. The van der Waals surface area contributed by atoms with E-state index in [0.717, 1.165) is 11.8 Å².